The minimum absolute atomic E-state index is 0.195. The van der Waals surface area contributed by atoms with Crippen LogP contribution in [0.5, 0.6) is 11.5 Å². The number of rotatable bonds is 4. The molecule has 21 heavy (non-hydrogen) atoms. The molecule has 0 atom stereocenters. The van der Waals surface area contributed by atoms with Gasteiger partial charge in [0, 0.05) is 12.6 Å². The summed E-state index contributed by atoms with van der Waals surface area (Å²) >= 11 is 5.77. The highest BCUT2D eigenvalue weighted by Gasteiger charge is 2.17. The zero-order valence-electron chi connectivity index (χ0n) is 11.1. The molecule has 0 bridgehead atoms. The highest BCUT2D eigenvalue weighted by Crippen LogP contribution is 2.34. The van der Waals surface area contributed by atoms with Crippen LogP contribution in [0.3, 0.4) is 0 Å². The van der Waals surface area contributed by atoms with Crippen LogP contribution in [0.1, 0.15) is 5.56 Å². The number of halogens is 2. The summed E-state index contributed by atoms with van der Waals surface area (Å²) in [5.74, 6) is 0.891. The van der Waals surface area contributed by atoms with Gasteiger partial charge in [0.2, 0.25) is 0 Å². The van der Waals surface area contributed by atoms with Gasteiger partial charge in [-0.05, 0) is 24.1 Å². The number of nitrogens with one attached hydrogen (secondary N) is 1. The van der Waals surface area contributed by atoms with Gasteiger partial charge in [0.15, 0.2) is 17.3 Å². The molecule has 0 aliphatic carbocycles. The number of ether oxygens (including phenoxy) is 2. The molecule has 3 rings (SSSR count). The van der Waals surface area contributed by atoms with Crippen molar-refractivity contribution in [2.24, 2.45) is 0 Å². The van der Waals surface area contributed by atoms with Crippen molar-refractivity contribution in [1.29, 1.82) is 0 Å². The smallest absolute Gasteiger partial charge is 0.197 e. The summed E-state index contributed by atoms with van der Waals surface area (Å²) in [7, 11) is 0. The van der Waals surface area contributed by atoms with Crippen LogP contribution in [-0.4, -0.2) is 29.7 Å². The van der Waals surface area contributed by atoms with E-state index in [9.17, 15) is 4.39 Å². The fourth-order valence-electron chi connectivity index (χ4n) is 2.07. The quantitative estimate of drug-likeness (QED) is 0.880. The minimum Gasteiger partial charge on any atom is -0.486 e. The topological polar surface area (TPSA) is 56.3 Å². The second-order valence-electron chi connectivity index (χ2n) is 4.50. The van der Waals surface area contributed by atoms with Crippen LogP contribution in [0, 0.1) is 5.82 Å². The molecule has 2 heterocycles. The summed E-state index contributed by atoms with van der Waals surface area (Å²) in [5.41, 5.74) is 0.824. The predicted octanol–water partition coefficient (Wildman–Crippen LogP) is 2.69. The number of fused-ring (bicyclic) bond motifs is 1. The molecule has 1 aromatic heterocycles. The molecule has 0 saturated heterocycles. The molecule has 0 unspecified atom stereocenters. The first kappa shape index (κ1) is 13.9. The molecule has 0 amide bonds. The lowest BCUT2D eigenvalue weighted by molar-refractivity contribution is 0.164. The average Bonchev–Trinajstić information content (AvgIpc) is 2.47. The highest BCUT2D eigenvalue weighted by atomic mass is 35.5. The fraction of sp³-hybridized carbons (Fsp3) is 0.286. The SMILES string of the molecule is Fc1cc(CCNc2cc(Cl)ncn2)cc2c1OCCO2. The second kappa shape index (κ2) is 6.13. The molecular weight excluding hydrogens is 297 g/mol. The Morgan fingerprint density at radius 1 is 1.19 bits per heavy atom. The van der Waals surface area contributed by atoms with Gasteiger partial charge in [-0.2, -0.15) is 0 Å². The van der Waals surface area contributed by atoms with Crippen LogP contribution in [0.25, 0.3) is 0 Å². The highest BCUT2D eigenvalue weighted by molar-refractivity contribution is 6.29. The van der Waals surface area contributed by atoms with E-state index in [0.717, 1.165) is 5.56 Å². The number of aromatic nitrogens is 2. The van der Waals surface area contributed by atoms with E-state index < -0.39 is 5.82 Å². The Morgan fingerprint density at radius 2 is 2.05 bits per heavy atom. The van der Waals surface area contributed by atoms with Gasteiger partial charge in [-0.15, -0.1) is 0 Å². The molecule has 0 fully saturated rings. The van der Waals surface area contributed by atoms with Crippen molar-refractivity contribution in [2.75, 3.05) is 25.1 Å². The van der Waals surface area contributed by atoms with E-state index in [-0.39, 0.29) is 5.75 Å². The normalized spacial score (nSPS) is 13.0. The van der Waals surface area contributed by atoms with Crippen molar-refractivity contribution < 1.29 is 13.9 Å². The molecule has 2 aromatic rings. The second-order valence-corrected chi connectivity index (χ2v) is 4.89. The Labute approximate surface area is 126 Å². The number of benzene rings is 1. The largest absolute Gasteiger partial charge is 0.486 e. The van der Waals surface area contributed by atoms with E-state index in [0.29, 0.717) is 42.9 Å². The van der Waals surface area contributed by atoms with Crippen molar-refractivity contribution in [3.05, 3.63) is 41.1 Å². The number of hydrogen-bond donors (Lipinski definition) is 1. The zero-order valence-corrected chi connectivity index (χ0v) is 11.9. The molecular formula is C14H13ClFN3O2. The van der Waals surface area contributed by atoms with Gasteiger partial charge in [0.05, 0.1) is 0 Å². The van der Waals surface area contributed by atoms with Crippen molar-refractivity contribution in [1.82, 2.24) is 9.97 Å². The standard InChI is InChI=1S/C14H13ClFN3O2/c15-12-7-13(19-8-18-12)17-2-1-9-5-10(16)14-11(6-9)20-3-4-21-14/h5-8H,1-4H2,(H,17,18,19). The first-order valence-corrected chi connectivity index (χ1v) is 6.89. The fourth-order valence-corrected chi connectivity index (χ4v) is 2.22. The Morgan fingerprint density at radius 3 is 2.90 bits per heavy atom. The summed E-state index contributed by atoms with van der Waals surface area (Å²) in [4.78, 5) is 7.83. The lowest BCUT2D eigenvalue weighted by Gasteiger charge is -2.19. The van der Waals surface area contributed by atoms with Gasteiger partial charge < -0.3 is 14.8 Å². The average molecular weight is 310 g/mol. The van der Waals surface area contributed by atoms with Crippen molar-refractivity contribution in [3.63, 3.8) is 0 Å². The van der Waals surface area contributed by atoms with Crippen molar-refractivity contribution in [3.8, 4) is 11.5 Å². The van der Waals surface area contributed by atoms with Crippen LogP contribution in [0.2, 0.25) is 5.15 Å². The first-order chi connectivity index (χ1) is 10.2. The van der Waals surface area contributed by atoms with E-state index in [1.54, 1.807) is 12.1 Å². The van der Waals surface area contributed by atoms with Crippen molar-refractivity contribution in [2.45, 2.75) is 6.42 Å². The molecule has 1 aliphatic heterocycles. The third-order valence-electron chi connectivity index (χ3n) is 3.01. The maximum atomic E-state index is 13.9. The zero-order chi connectivity index (χ0) is 14.7. The Kier molecular flexibility index (Phi) is 4.06. The first-order valence-electron chi connectivity index (χ1n) is 6.52. The molecule has 7 heteroatoms. The van der Waals surface area contributed by atoms with Crippen LogP contribution in [-0.2, 0) is 6.42 Å². The number of nitrogens with zero attached hydrogens (tertiary/aromatic N) is 2. The molecule has 110 valence electrons. The summed E-state index contributed by atoms with van der Waals surface area (Å²) in [6.45, 7) is 1.40. The summed E-state index contributed by atoms with van der Waals surface area (Å²) < 4.78 is 24.5. The van der Waals surface area contributed by atoms with Gasteiger partial charge in [0.25, 0.3) is 0 Å². The Bertz CT molecular complexity index is 654. The predicted molar refractivity (Wildman–Crippen MR) is 76.6 cm³/mol. The molecule has 0 spiro atoms. The van der Waals surface area contributed by atoms with E-state index >= 15 is 0 Å². The van der Waals surface area contributed by atoms with E-state index in [2.05, 4.69) is 15.3 Å². The number of hydrogen-bond acceptors (Lipinski definition) is 5. The van der Waals surface area contributed by atoms with Crippen LogP contribution < -0.4 is 14.8 Å². The molecule has 1 aliphatic rings. The maximum Gasteiger partial charge on any atom is 0.197 e. The van der Waals surface area contributed by atoms with Crippen LogP contribution >= 0.6 is 11.6 Å². The van der Waals surface area contributed by atoms with Gasteiger partial charge in [-0.1, -0.05) is 11.6 Å². The molecule has 0 radical (unpaired) electrons. The van der Waals surface area contributed by atoms with Crippen molar-refractivity contribution >= 4 is 17.4 Å². The molecule has 5 nitrogen and oxygen atoms in total. The molecule has 1 aromatic carbocycles. The van der Waals surface area contributed by atoms with Gasteiger partial charge in [0.1, 0.15) is 30.5 Å². The van der Waals surface area contributed by atoms with Crippen LogP contribution in [0.15, 0.2) is 24.5 Å². The molecule has 1 N–H and O–H groups in total. The maximum absolute atomic E-state index is 13.9. The third kappa shape index (κ3) is 3.33. The Balaban J connectivity index is 1.64. The van der Waals surface area contributed by atoms with Gasteiger partial charge in [-0.3, -0.25) is 0 Å². The Hall–Kier alpha value is -2.08. The minimum atomic E-state index is -0.396. The van der Waals surface area contributed by atoms with Gasteiger partial charge in [-0.25, -0.2) is 14.4 Å². The summed E-state index contributed by atoms with van der Waals surface area (Å²) in [6.07, 6.45) is 2.00. The molecule has 0 saturated carbocycles. The number of anilines is 1. The van der Waals surface area contributed by atoms with Gasteiger partial charge >= 0.3 is 0 Å². The lowest BCUT2D eigenvalue weighted by Crippen LogP contribution is -2.17. The van der Waals surface area contributed by atoms with Crippen LogP contribution in [0.4, 0.5) is 10.2 Å². The monoisotopic (exact) mass is 309 g/mol. The summed E-state index contributed by atoms with van der Waals surface area (Å²) in [5, 5.41) is 3.48. The lowest BCUT2D eigenvalue weighted by atomic mass is 10.1. The van der Waals surface area contributed by atoms with E-state index in [4.69, 9.17) is 21.1 Å². The van der Waals surface area contributed by atoms with E-state index in [1.807, 2.05) is 0 Å². The van der Waals surface area contributed by atoms with E-state index in [1.165, 1.54) is 12.4 Å². The third-order valence-corrected chi connectivity index (χ3v) is 3.22. The summed E-state index contributed by atoms with van der Waals surface area (Å²) in [6, 6.07) is 4.89.